The zero-order chi connectivity index (χ0) is 13.5. The van der Waals surface area contributed by atoms with Gasteiger partial charge >= 0.3 is 0 Å². The van der Waals surface area contributed by atoms with E-state index in [1.54, 1.807) is 13.2 Å². The van der Waals surface area contributed by atoms with Gasteiger partial charge in [-0.1, -0.05) is 13.0 Å². The van der Waals surface area contributed by atoms with Gasteiger partial charge in [0.25, 0.3) is 0 Å². The Balaban J connectivity index is 2.64. The summed E-state index contributed by atoms with van der Waals surface area (Å²) in [5.74, 6) is -1.18. The third-order valence-electron chi connectivity index (χ3n) is 3.27. The highest BCUT2D eigenvalue weighted by Gasteiger charge is 2.16. The summed E-state index contributed by atoms with van der Waals surface area (Å²) in [5.41, 5.74) is 0.803. The Hall–Kier alpha value is -1.00. The Kier molecular flexibility index (Phi) is 6.22. The predicted octanol–water partition coefficient (Wildman–Crippen LogP) is 2.77. The Bertz CT molecular complexity index is 371. The van der Waals surface area contributed by atoms with E-state index in [2.05, 4.69) is 12.2 Å². The minimum Gasteiger partial charge on any atom is -0.385 e. The summed E-state index contributed by atoms with van der Waals surface area (Å²) in [6, 6.07) is 4.30. The van der Waals surface area contributed by atoms with E-state index in [-0.39, 0.29) is 6.04 Å². The van der Waals surface area contributed by atoms with Crippen LogP contribution in [-0.2, 0) is 11.2 Å². The fraction of sp³-hybridized carbons (Fsp3) is 0.571. The van der Waals surface area contributed by atoms with Crippen LogP contribution in [0.25, 0.3) is 0 Å². The Morgan fingerprint density at radius 3 is 2.56 bits per heavy atom. The van der Waals surface area contributed by atoms with Gasteiger partial charge in [0.1, 0.15) is 0 Å². The zero-order valence-electron chi connectivity index (χ0n) is 11.2. The van der Waals surface area contributed by atoms with Crippen molar-refractivity contribution in [1.82, 2.24) is 5.32 Å². The summed E-state index contributed by atoms with van der Waals surface area (Å²) in [7, 11) is 3.56. The number of hydrogen-bond donors (Lipinski definition) is 1. The SMILES string of the molecule is CNC(Cc1ccc(F)c(F)c1)C(C)CCOC. The molecule has 0 saturated heterocycles. The van der Waals surface area contributed by atoms with E-state index in [4.69, 9.17) is 4.74 Å². The first-order valence-corrected chi connectivity index (χ1v) is 6.18. The van der Waals surface area contributed by atoms with Gasteiger partial charge in [0.2, 0.25) is 0 Å². The highest BCUT2D eigenvalue weighted by Crippen LogP contribution is 2.16. The molecule has 0 heterocycles. The molecule has 102 valence electrons. The fourth-order valence-electron chi connectivity index (χ4n) is 2.01. The van der Waals surface area contributed by atoms with E-state index < -0.39 is 11.6 Å². The average molecular weight is 257 g/mol. The first kappa shape index (κ1) is 15.1. The molecule has 0 radical (unpaired) electrons. The first-order chi connectivity index (χ1) is 8.58. The maximum absolute atomic E-state index is 13.1. The van der Waals surface area contributed by atoms with Crippen molar-refractivity contribution < 1.29 is 13.5 Å². The summed E-state index contributed by atoms with van der Waals surface area (Å²) in [6.07, 6.45) is 1.62. The molecule has 0 aromatic heterocycles. The quantitative estimate of drug-likeness (QED) is 0.811. The van der Waals surface area contributed by atoms with Crippen LogP contribution in [0.3, 0.4) is 0 Å². The highest BCUT2D eigenvalue weighted by atomic mass is 19.2. The number of halogens is 2. The molecule has 0 spiro atoms. The summed E-state index contributed by atoms with van der Waals surface area (Å²) in [6.45, 7) is 2.83. The average Bonchev–Trinajstić information content (AvgIpc) is 2.37. The third-order valence-corrected chi connectivity index (χ3v) is 3.27. The lowest BCUT2D eigenvalue weighted by Crippen LogP contribution is -2.34. The Morgan fingerprint density at radius 2 is 2.00 bits per heavy atom. The molecule has 1 N–H and O–H groups in total. The molecule has 2 atom stereocenters. The number of ether oxygens (including phenoxy) is 1. The number of methoxy groups -OCH3 is 1. The van der Waals surface area contributed by atoms with Crippen LogP contribution in [0.15, 0.2) is 18.2 Å². The van der Waals surface area contributed by atoms with Crippen LogP contribution in [-0.4, -0.2) is 26.8 Å². The van der Waals surface area contributed by atoms with Crippen LogP contribution in [0.5, 0.6) is 0 Å². The lowest BCUT2D eigenvalue weighted by Gasteiger charge is -2.23. The summed E-state index contributed by atoms with van der Waals surface area (Å²) >= 11 is 0. The molecule has 0 amide bonds. The van der Waals surface area contributed by atoms with Crippen molar-refractivity contribution in [2.75, 3.05) is 20.8 Å². The van der Waals surface area contributed by atoms with Gasteiger partial charge in [-0.05, 0) is 43.5 Å². The van der Waals surface area contributed by atoms with Gasteiger partial charge in [0.15, 0.2) is 11.6 Å². The van der Waals surface area contributed by atoms with E-state index in [0.717, 1.165) is 12.0 Å². The van der Waals surface area contributed by atoms with Crippen LogP contribution in [0.4, 0.5) is 8.78 Å². The summed E-state index contributed by atoms with van der Waals surface area (Å²) in [5, 5.41) is 3.22. The molecule has 0 aliphatic heterocycles. The van der Waals surface area contributed by atoms with E-state index >= 15 is 0 Å². The van der Waals surface area contributed by atoms with Crippen molar-refractivity contribution in [3.8, 4) is 0 Å². The zero-order valence-corrected chi connectivity index (χ0v) is 11.2. The number of nitrogens with one attached hydrogen (secondary N) is 1. The molecule has 2 nitrogen and oxygen atoms in total. The van der Waals surface area contributed by atoms with E-state index in [9.17, 15) is 8.78 Å². The van der Waals surface area contributed by atoms with Crippen LogP contribution in [0, 0.1) is 17.6 Å². The predicted molar refractivity (Wildman–Crippen MR) is 68.6 cm³/mol. The smallest absolute Gasteiger partial charge is 0.159 e. The molecule has 0 fully saturated rings. The van der Waals surface area contributed by atoms with Crippen LogP contribution < -0.4 is 5.32 Å². The van der Waals surface area contributed by atoms with Crippen LogP contribution in [0.1, 0.15) is 18.9 Å². The Labute approximate surface area is 107 Å². The molecule has 1 aromatic rings. The minimum absolute atomic E-state index is 0.227. The standard InChI is InChI=1S/C14H21F2NO/c1-10(6-7-18-3)14(17-2)9-11-4-5-12(15)13(16)8-11/h4-5,8,10,14,17H,6-7,9H2,1-3H3. The van der Waals surface area contributed by atoms with Gasteiger partial charge < -0.3 is 10.1 Å². The number of hydrogen-bond acceptors (Lipinski definition) is 2. The van der Waals surface area contributed by atoms with Crippen molar-refractivity contribution in [3.05, 3.63) is 35.4 Å². The lowest BCUT2D eigenvalue weighted by molar-refractivity contribution is 0.171. The van der Waals surface area contributed by atoms with E-state index in [1.807, 2.05) is 7.05 Å². The van der Waals surface area contributed by atoms with Crippen molar-refractivity contribution >= 4 is 0 Å². The number of rotatable bonds is 7. The maximum Gasteiger partial charge on any atom is 0.159 e. The minimum atomic E-state index is -0.799. The first-order valence-electron chi connectivity index (χ1n) is 6.18. The second kappa shape index (κ2) is 7.44. The van der Waals surface area contributed by atoms with Crippen molar-refractivity contribution in [1.29, 1.82) is 0 Å². The second-order valence-corrected chi connectivity index (χ2v) is 4.61. The lowest BCUT2D eigenvalue weighted by atomic mass is 9.93. The van der Waals surface area contributed by atoms with Gasteiger partial charge in [0, 0.05) is 19.8 Å². The summed E-state index contributed by atoms with van der Waals surface area (Å²) < 4.78 is 31.0. The normalized spacial score (nSPS) is 14.5. The second-order valence-electron chi connectivity index (χ2n) is 4.61. The summed E-state index contributed by atoms with van der Waals surface area (Å²) in [4.78, 5) is 0. The van der Waals surface area contributed by atoms with Crippen molar-refractivity contribution in [2.45, 2.75) is 25.8 Å². The highest BCUT2D eigenvalue weighted by molar-refractivity contribution is 5.19. The van der Waals surface area contributed by atoms with Crippen LogP contribution in [0.2, 0.25) is 0 Å². The van der Waals surface area contributed by atoms with Crippen molar-refractivity contribution in [3.63, 3.8) is 0 Å². The molecule has 0 aliphatic carbocycles. The number of benzene rings is 1. The molecule has 4 heteroatoms. The van der Waals surface area contributed by atoms with E-state index in [0.29, 0.717) is 18.9 Å². The molecule has 2 unspecified atom stereocenters. The molecular weight excluding hydrogens is 236 g/mol. The van der Waals surface area contributed by atoms with E-state index in [1.165, 1.54) is 12.1 Å². The molecule has 0 saturated carbocycles. The van der Waals surface area contributed by atoms with Crippen molar-refractivity contribution in [2.24, 2.45) is 5.92 Å². The third kappa shape index (κ3) is 4.35. The number of likely N-dealkylation sites (N-methyl/N-ethyl adjacent to an activating group) is 1. The van der Waals surface area contributed by atoms with Gasteiger partial charge in [-0.3, -0.25) is 0 Å². The van der Waals surface area contributed by atoms with Gasteiger partial charge in [-0.25, -0.2) is 8.78 Å². The molecule has 0 bridgehead atoms. The van der Waals surface area contributed by atoms with Gasteiger partial charge in [0.05, 0.1) is 0 Å². The molecule has 1 rings (SSSR count). The molecular formula is C14H21F2NO. The Morgan fingerprint density at radius 1 is 1.28 bits per heavy atom. The van der Waals surface area contributed by atoms with Crippen LogP contribution >= 0.6 is 0 Å². The van der Waals surface area contributed by atoms with Gasteiger partial charge in [-0.15, -0.1) is 0 Å². The largest absolute Gasteiger partial charge is 0.385 e. The topological polar surface area (TPSA) is 21.3 Å². The fourth-order valence-corrected chi connectivity index (χ4v) is 2.01. The molecule has 0 aliphatic rings. The molecule has 18 heavy (non-hydrogen) atoms. The maximum atomic E-state index is 13.1. The van der Waals surface area contributed by atoms with Gasteiger partial charge in [-0.2, -0.15) is 0 Å². The monoisotopic (exact) mass is 257 g/mol. The molecule has 1 aromatic carbocycles.